The number of rotatable bonds is 5. The third-order valence-electron chi connectivity index (χ3n) is 1.65. The van der Waals surface area contributed by atoms with Gasteiger partial charge in [-0.05, 0) is 36.5 Å². The first-order valence-electron chi connectivity index (χ1n) is 4.46. The smallest absolute Gasteiger partial charge is 0.184 e. The molecule has 6 heteroatoms. The van der Waals surface area contributed by atoms with E-state index < -0.39 is 0 Å². The van der Waals surface area contributed by atoms with Gasteiger partial charge >= 0.3 is 0 Å². The van der Waals surface area contributed by atoms with Crippen molar-refractivity contribution in [1.29, 1.82) is 0 Å². The van der Waals surface area contributed by atoms with Gasteiger partial charge in [0.05, 0.1) is 10.6 Å². The van der Waals surface area contributed by atoms with Crippen LogP contribution >= 0.6 is 35.2 Å². The zero-order valence-corrected chi connectivity index (χ0v) is 10.5. The van der Waals surface area contributed by atoms with Crippen LogP contribution in [0.25, 0.3) is 0 Å². The van der Waals surface area contributed by atoms with Crippen LogP contribution in [0.3, 0.4) is 0 Å². The van der Waals surface area contributed by atoms with Crippen molar-refractivity contribution in [3.63, 3.8) is 0 Å². The first-order chi connectivity index (χ1) is 7.24. The van der Waals surface area contributed by atoms with Gasteiger partial charge in [-0.2, -0.15) is 5.10 Å². The average Bonchev–Trinajstić information content (AvgIpc) is 2.71. The van der Waals surface area contributed by atoms with E-state index in [2.05, 4.69) is 10.5 Å². The Balaban J connectivity index is 2.69. The number of thiocarbonyl (C=S) groups is 1. The molecule has 0 radical (unpaired) electrons. The highest BCUT2D eigenvalue weighted by Crippen LogP contribution is 2.13. The number of hydrogen-bond donors (Lipinski definition) is 2. The summed E-state index contributed by atoms with van der Waals surface area (Å²) in [6.07, 6.45) is 1.71. The molecule has 82 valence electrons. The lowest BCUT2D eigenvalue weighted by molar-refractivity contribution is 0.959. The Kier molecular flexibility index (Phi) is 5.60. The number of thiophene rings is 1. The van der Waals surface area contributed by atoms with Crippen molar-refractivity contribution in [2.24, 2.45) is 10.8 Å². The normalized spacial score (nSPS) is 11.4. The minimum Gasteiger partial charge on any atom is -0.375 e. The number of halogens is 1. The molecule has 1 rings (SSSR count). The molecule has 0 bridgehead atoms. The van der Waals surface area contributed by atoms with Gasteiger partial charge in [0.25, 0.3) is 0 Å². The van der Waals surface area contributed by atoms with Crippen LogP contribution in [0.4, 0.5) is 0 Å². The molecule has 1 heterocycles. The second-order valence-corrected chi connectivity index (χ2v) is 4.57. The Morgan fingerprint density at radius 3 is 3.00 bits per heavy atom. The van der Waals surface area contributed by atoms with Crippen molar-refractivity contribution in [3.8, 4) is 0 Å². The van der Waals surface area contributed by atoms with Crippen LogP contribution in [-0.4, -0.2) is 16.7 Å². The predicted molar refractivity (Wildman–Crippen MR) is 70.7 cm³/mol. The predicted octanol–water partition coefficient (Wildman–Crippen LogP) is 2.30. The van der Waals surface area contributed by atoms with Gasteiger partial charge in [-0.3, -0.25) is 5.43 Å². The monoisotopic (exact) mass is 261 g/mol. The lowest BCUT2D eigenvalue weighted by Crippen LogP contribution is -2.25. The van der Waals surface area contributed by atoms with E-state index in [1.165, 1.54) is 0 Å². The molecule has 0 aliphatic carbocycles. The van der Waals surface area contributed by atoms with E-state index in [4.69, 9.17) is 29.6 Å². The summed E-state index contributed by atoms with van der Waals surface area (Å²) >= 11 is 12.0. The van der Waals surface area contributed by atoms with Crippen molar-refractivity contribution in [2.75, 3.05) is 5.88 Å². The number of hydrogen-bond acceptors (Lipinski definition) is 3. The first kappa shape index (κ1) is 12.4. The zero-order chi connectivity index (χ0) is 11.1. The fraction of sp³-hybridized carbons (Fsp3) is 0.333. The molecule has 3 nitrogen and oxygen atoms in total. The van der Waals surface area contributed by atoms with Gasteiger partial charge in [0, 0.05) is 5.88 Å². The Morgan fingerprint density at radius 2 is 2.47 bits per heavy atom. The summed E-state index contributed by atoms with van der Waals surface area (Å²) in [5.74, 6) is 0.622. The molecule has 0 saturated heterocycles. The molecule has 0 saturated carbocycles. The molecule has 0 atom stereocenters. The minimum atomic E-state index is 0.176. The molecule has 0 aliphatic rings. The lowest BCUT2D eigenvalue weighted by atomic mass is 10.2. The third-order valence-corrected chi connectivity index (χ3v) is 2.93. The highest BCUT2D eigenvalue weighted by molar-refractivity contribution is 7.80. The number of nitrogens with zero attached hydrogens (tertiary/aromatic N) is 1. The van der Waals surface area contributed by atoms with Crippen molar-refractivity contribution in [2.45, 2.75) is 12.8 Å². The Labute approximate surface area is 103 Å². The summed E-state index contributed by atoms with van der Waals surface area (Å²) in [5.41, 5.74) is 8.86. The molecule has 0 amide bonds. The van der Waals surface area contributed by atoms with E-state index in [1.807, 2.05) is 17.5 Å². The van der Waals surface area contributed by atoms with Gasteiger partial charge in [-0.25, -0.2) is 0 Å². The first-order valence-corrected chi connectivity index (χ1v) is 6.28. The molecule has 0 spiro atoms. The molecule has 1 aromatic heterocycles. The molecule has 0 fully saturated rings. The van der Waals surface area contributed by atoms with Crippen LogP contribution in [0.2, 0.25) is 0 Å². The molecule has 3 N–H and O–H groups in total. The summed E-state index contributed by atoms with van der Waals surface area (Å²) in [5, 5.41) is 6.34. The second kappa shape index (κ2) is 6.76. The summed E-state index contributed by atoms with van der Waals surface area (Å²) in [7, 11) is 0. The maximum Gasteiger partial charge on any atom is 0.184 e. The van der Waals surface area contributed by atoms with E-state index in [-0.39, 0.29) is 5.11 Å². The van der Waals surface area contributed by atoms with Gasteiger partial charge in [-0.15, -0.1) is 22.9 Å². The van der Waals surface area contributed by atoms with E-state index in [0.717, 1.165) is 23.4 Å². The summed E-state index contributed by atoms with van der Waals surface area (Å²) in [4.78, 5) is 1.11. The Bertz CT molecular complexity index is 335. The van der Waals surface area contributed by atoms with Crippen LogP contribution in [-0.2, 0) is 0 Å². The van der Waals surface area contributed by atoms with E-state index in [9.17, 15) is 0 Å². The quantitative estimate of drug-likeness (QED) is 0.370. The summed E-state index contributed by atoms with van der Waals surface area (Å²) in [6.45, 7) is 0. The number of alkyl halides is 1. The molecule has 0 aromatic carbocycles. The highest BCUT2D eigenvalue weighted by Gasteiger charge is 2.04. The van der Waals surface area contributed by atoms with Gasteiger partial charge in [0.15, 0.2) is 5.11 Å². The largest absolute Gasteiger partial charge is 0.375 e. The summed E-state index contributed by atoms with van der Waals surface area (Å²) < 4.78 is 0. The number of nitrogens with two attached hydrogens (primary N) is 1. The second-order valence-electron chi connectivity index (χ2n) is 2.80. The van der Waals surface area contributed by atoms with Crippen LogP contribution in [0.5, 0.6) is 0 Å². The highest BCUT2D eigenvalue weighted by atomic mass is 35.5. The van der Waals surface area contributed by atoms with Crippen molar-refractivity contribution < 1.29 is 0 Å². The van der Waals surface area contributed by atoms with Crippen molar-refractivity contribution >= 4 is 46.0 Å². The molecule has 0 unspecified atom stereocenters. The van der Waals surface area contributed by atoms with Crippen molar-refractivity contribution in [3.05, 3.63) is 22.4 Å². The van der Waals surface area contributed by atoms with Crippen LogP contribution in [0, 0.1) is 0 Å². The fourth-order valence-electron chi connectivity index (χ4n) is 1.03. The van der Waals surface area contributed by atoms with Gasteiger partial charge < -0.3 is 5.73 Å². The van der Waals surface area contributed by atoms with Crippen molar-refractivity contribution in [1.82, 2.24) is 5.43 Å². The maximum atomic E-state index is 5.65. The Morgan fingerprint density at radius 1 is 1.67 bits per heavy atom. The average molecular weight is 262 g/mol. The number of hydrazone groups is 1. The topological polar surface area (TPSA) is 50.4 Å². The molecule has 0 aliphatic heterocycles. The van der Waals surface area contributed by atoms with Crippen LogP contribution < -0.4 is 11.2 Å². The summed E-state index contributed by atoms with van der Waals surface area (Å²) in [6, 6.07) is 4.00. The SMILES string of the molecule is NC(=S)NN=C(CCCCl)c1cccs1. The van der Waals surface area contributed by atoms with Gasteiger partial charge in [0.2, 0.25) is 0 Å². The zero-order valence-electron chi connectivity index (χ0n) is 8.07. The van der Waals surface area contributed by atoms with E-state index in [0.29, 0.717) is 5.88 Å². The number of nitrogens with one attached hydrogen (secondary N) is 1. The van der Waals surface area contributed by atoms with Crippen LogP contribution in [0.1, 0.15) is 17.7 Å². The van der Waals surface area contributed by atoms with Gasteiger partial charge in [0.1, 0.15) is 0 Å². The Hall–Kier alpha value is -0.650. The fourth-order valence-corrected chi connectivity index (χ4v) is 1.96. The standard InChI is InChI=1S/C9H12ClN3S2/c10-5-1-3-7(12-13-9(11)14)8-4-2-6-15-8/h2,4,6H,1,3,5H2,(H3,11,13,14). The molecule has 1 aromatic rings. The molecular weight excluding hydrogens is 250 g/mol. The third kappa shape index (κ3) is 4.59. The maximum absolute atomic E-state index is 5.65. The van der Waals surface area contributed by atoms with Gasteiger partial charge in [-0.1, -0.05) is 6.07 Å². The van der Waals surface area contributed by atoms with E-state index >= 15 is 0 Å². The van der Waals surface area contributed by atoms with E-state index in [1.54, 1.807) is 11.3 Å². The minimum absolute atomic E-state index is 0.176. The lowest BCUT2D eigenvalue weighted by Gasteiger charge is -2.03. The van der Waals surface area contributed by atoms with Crippen LogP contribution in [0.15, 0.2) is 22.6 Å². The molecule has 15 heavy (non-hydrogen) atoms. The molecular formula is C9H12ClN3S2.